The van der Waals surface area contributed by atoms with E-state index in [-0.39, 0.29) is 18.0 Å². The number of hydrogen-bond acceptors (Lipinski definition) is 2. The Bertz CT molecular complexity index is 510. The molecule has 0 saturated carbocycles. The smallest absolute Gasteiger partial charge is 0.321 e. The van der Waals surface area contributed by atoms with Crippen molar-refractivity contribution in [2.24, 2.45) is 0 Å². The van der Waals surface area contributed by atoms with Crippen molar-refractivity contribution in [2.45, 2.75) is 19.4 Å². The largest absolute Gasteiger partial charge is 0.346 e. The average molecular weight is 273 g/mol. The third-order valence-corrected chi connectivity index (χ3v) is 3.33. The maximum atomic E-state index is 11.7. The molecule has 1 aromatic rings. The van der Waals surface area contributed by atoms with E-state index in [0.717, 1.165) is 30.8 Å². The number of amides is 3. The minimum atomic E-state index is -0.197. The van der Waals surface area contributed by atoms with Crippen LogP contribution in [0.2, 0.25) is 0 Å². The van der Waals surface area contributed by atoms with E-state index in [1.54, 1.807) is 4.90 Å². The van der Waals surface area contributed by atoms with Gasteiger partial charge in [0, 0.05) is 18.8 Å². The zero-order chi connectivity index (χ0) is 14.5. The van der Waals surface area contributed by atoms with Crippen LogP contribution in [0.3, 0.4) is 0 Å². The Morgan fingerprint density at radius 2 is 2.15 bits per heavy atom. The van der Waals surface area contributed by atoms with Gasteiger partial charge in [-0.15, -0.1) is 0 Å². The molecular weight excluding hydrogens is 254 g/mol. The van der Waals surface area contributed by atoms with E-state index in [1.807, 2.05) is 31.2 Å². The molecule has 0 aliphatic carbocycles. The van der Waals surface area contributed by atoms with Crippen molar-refractivity contribution in [3.05, 3.63) is 42.5 Å². The fourth-order valence-corrected chi connectivity index (χ4v) is 2.17. The van der Waals surface area contributed by atoms with Gasteiger partial charge in [0.25, 0.3) is 0 Å². The molecule has 2 rings (SSSR count). The topological polar surface area (TPSA) is 61.4 Å². The highest BCUT2D eigenvalue weighted by Gasteiger charge is 2.19. The van der Waals surface area contributed by atoms with Gasteiger partial charge in [-0.05, 0) is 37.1 Å². The molecule has 0 radical (unpaired) electrons. The molecule has 1 aromatic carbocycles. The van der Waals surface area contributed by atoms with Crippen LogP contribution in [0.1, 0.15) is 24.9 Å². The third kappa shape index (κ3) is 3.17. The zero-order valence-corrected chi connectivity index (χ0v) is 11.6. The van der Waals surface area contributed by atoms with Crippen LogP contribution in [-0.4, -0.2) is 25.0 Å². The summed E-state index contributed by atoms with van der Waals surface area (Å²) in [5.74, 6) is -0.197. The molecule has 106 valence electrons. The van der Waals surface area contributed by atoms with Crippen LogP contribution in [0, 0.1) is 0 Å². The number of nitrogens with one attached hydrogen (secondary N) is 2. The maximum Gasteiger partial charge on any atom is 0.321 e. The number of urea groups is 1. The quantitative estimate of drug-likeness (QED) is 0.824. The molecule has 1 aliphatic rings. The molecule has 20 heavy (non-hydrogen) atoms. The molecule has 1 atom stereocenters. The number of hydrogen-bond donors (Lipinski definition) is 2. The summed E-state index contributed by atoms with van der Waals surface area (Å²) in [7, 11) is 0. The predicted molar refractivity (Wildman–Crippen MR) is 78.6 cm³/mol. The number of benzene rings is 1. The standard InChI is InChI=1S/C15H19N3O2/c1-3-14(19)17-11(2)12-5-7-13(8-6-12)18-10-4-9-16-15(18)20/h3,5-8,11H,1,4,9-10H2,2H3,(H,16,20)(H,17,19). The van der Waals surface area contributed by atoms with E-state index in [0.29, 0.717) is 0 Å². The summed E-state index contributed by atoms with van der Waals surface area (Å²) in [5, 5.41) is 5.62. The van der Waals surface area contributed by atoms with Gasteiger partial charge < -0.3 is 10.6 Å². The van der Waals surface area contributed by atoms with Gasteiger partial charge in [-0.1, -0.05) is 18.7 Å². The lowest BCUT2D eigenvalue weighted by atomic mass is 10.1. The highest BCUT2D eigenvalue weighted by molar-refractivity contribution is 5.92. The van der Waals surface area contributed by atoms with Crippen molar-refractivity contribution in [3.8, 4) is 0 Å². The van der Waals surface area contributed by atoms with E-state index in [1.165, 1.54) is 6.08 Å². The summed E-state index contributed by atoms with van der Waals surface area (Å²) in [5.41, 5.74) is 1.86. The summed E-state index contributed by atoms with van der Waals surface area (Å²) in [6, 6.07) is 7.49. The second-order valence-corrected chi connectivity index (χ2v) is 4.76. The normalized spacial score (nSPS) is 16.2. The lowest BCUT2D eigenvalue weighted by Gasteiger charge is -2.27. The third-order valence-electron chi connectivity index (χ3n) is 3.33. The first-order chi connectivity index (χ1) is 9.61. The summed E-state index contributed by atoms with van der Waals surface area (Å²) >= 11 is 0. The summed E-state index contributed by atoms with van der Waals surface area (Å²) in [6.45, 7) is 6.80. The van der Waals surface area contributed by atoms with E-state index < -0.39 is 0 Å². The van der Waals surface area contributed by atoms with Gasteiger partial charge in [-0.25, -0.2) is 4.79 Å². The SMILES string of the molecule is C=CC(=O)NC(C)c1ccc(N2CCCNC2=O)cc1. The number of rotatable bonds is 4. The van der Waals surface area contributed by atoms with E-state index in [2.05, 4.69) is 17.2 Å². The fourth-order valence-electron chi connectivity index (χ4n) is 2.17. The Hall–Kier alpha value is -2.30. The van der Waals surface area contributed by atoms with Gasteiger partial charge in [-0.3, -0.25) is 9.69 Å². The molecule has 2 N–H and O–H groups in total. The first kappa shape index (κ1) is 14.1. The van der Waals surface area contributed by atoms with Crippen molar-refractivity contribution < 1.29 is 9.59 Å². The second kappa shape index (κ2) is 6.23. The van der Waals surface area contributed by atoms with Crippen LogP contribution in [0.15, 0.2) is 36.9 Å². The summed E-state index contributed by atoms with van der Waals surface area (Å²) in [4.78, 5) is 24.7. The van der Waals surface area contributed by atoms with E-state index in [4.69, 9.17) is 0 Å². The molecule has 0 aromatic heterocycles. The van der Waals surface area contributed by atoms with Gasteiger partial charge in [0.1, 0.15) is 0 Å². The molecule has 0 spiro atoms. The Kier molecular flexibility index (Phi) is 4.40. The Labute approximate surface area is 118 Å². The number of carbonyl (C=O) groups excluding carboxylic acids is 2. The molecule has 1 unspecified atom stereocenters. The molecule has 3 amide bonds. The molecule has 5 nitrogen and oxygen atoms in total. The van der Waals surface area contributed by atoms with Crippen molar-refractivity contribution in [2.75, 3.05) is 18.0 Å². The van der Waals surface area contributed by atoms with Gasteiger partial charge in [-0.2, -0.15) is 0 Å². The van der Waals surface area contributed by atoms with E-state index in [9.17, 15) is 9.59 Å². The number of anilines is 1. The molecular formula is C15H19N3O2. The van der Waals surface area contributed by atoms with Crippen molar-refractivity contribution in [1.82, 2.24) is 10.6 Å². The van der Waals surface area contributed by atoms with Crippen LogP contribution in [0.25, 0.3) is 0 Å². The van der Waals surface area contributed by atoms with Gasteiger partial charge >= 0.3 is 6.03 Å². The van der Waals surface area contributed by atoms with Gasteiger partial charge in [0.15, 0.2) is 0 Å². The van der Waals surface area contributed by atoms with Crippen LogP contribution >= 0.6 is 0 Å². The van der Waals surface area contributed by atoms with Crippen molar-refractivity contribution in [3.63, 3.8) is 0 Å². The average Bonchev–Trinajstić information content (AvgIpc) is 2.47. The molecule has 1 aliphatic heterocycles. The lowest BCUT2D eigenvalue weighted by Crippen LogP contribution is -2.46. The first-order valence-corrected chi connectivity index (χ1v) is 6.70. The van der Waals surface area contributed by atoms with Crippen molar-refractivity contribution >= 4 is 17.6 Å². The summed E-state index contributed by atoms with van der Waals surface area (Å²) in [6.07, 6.45) is 2.20. The van der Waals surface area contributed by atoms with Crippen LogP contribution in [0.4, 0.5) is 10.5 Å². The Balaban J connectivity index is 2.07. The minimum absolute atomic E-state index is 0.0583. The second-order valence-electron chi connectivity index (χ2n) is 4.76. The van der Waals surface area contributed by atoms with Gasteiger partial charge in [0.2, 0.25) is 5.91 Å². The molecule has 1 saturated heterocycles. The Morgan fingerprint density at radius 3 is 2.75 bits per heavy atom. The van der Waals surface area contributed by atoms with Crippen LogP contribution in [0.5, 0.6) is 0 Å². The summed E-state index contributed by atoms with van der Waals surface area (Å²) < 4.78 is 0. The van der Waals surface area contributed by atoms with Crippen molar-refractivity contribution in [1.29, 1.82) is 0 Å². The van der Waals surface area contributed by atoms with Gasteiger partial charge in [0.05, 0.1) is 6.04 Å². The fraction of sp³-hybridized carbons (Fsp3) is 0.333. The van der Waals surface area contributed by atoms with E-state index >= 15 is 0 Å². The molecule has 5 heteroatoms. The molecule has 0 bridgehead atoms. The molecule has 1 fully saturated rings. The lowest BCUT2D eigenvalue weighted by molar-refractivity contribution is -0.117. The van der Waals surface area contributed by atoms with Crippen LogP contribution in [-0.2, 0) is 4.79 Å². The predicted octanol–water partition coefficient (Wildman–Crippen LogP) is 1.97. The number of nitrogens with zero attached hydrogens (tertiary/aromatic N) is 1. The Morgan fingerprint density at radius 1 is 1.45 bits per heavy atom. The van der Waals surface area contributed by atoms with Crippen LogP contribution < -0.4 is 15.5 Å². The molecule has 1 heterocycles. The first-order valence-electron chi connectivity index (χ1n) is 6.70. The number of carbonyl (C=O) groups is 2. The maximum absolute atomic E-state index is 11.7. The highest BCUT2D eigenvalue weighted by atomic mass is 16.2. The monoisotopic (exact) mass is 273 g/mol. The minimum Gasteiger partial charge on any atom is -0.346 e. The highest BCUT2D eigenvalue weighted by Crippen LogP contribution is 2.20. The zero-order valence-electron chi connectivity index (χ0n) is 11.6.